The van der Waals surface area contributed by atoms with Gasteiger partial charge in [-0.2, -0.15) is 4.68 Å². The van der Waals surface area contributed by atoms with Gasteiger partial charge >= 0.3 is 6.09 Å². The highest BCUT2D eigenvalue weighted by Gasteiger charge is 2.25. The summed E-state index contributed by atoms with van der Waals surface area (Å²) in [4.78, 5) is 15.4. The van der Waals surface area contributed by atoms with Crippen molar-refractivity contribution in [1.29, 1.82) is 0 Å². The molecule has 0 saturated carbocycles. The number of hydrogen-bond acceptors (Lipinski definition) is 7. The smallest absolute Gasteiger partial charge is 0.417 e. The van der Waals surface area contributed by atoms with Crippen molar-refractivity contribution in [3.63, 3.8) is 0 Å². The number of anilines is 3. The summed E-state index contributed by atoms with van der Waals surface area (Å²) in [6, 6.07) is 9.95. The quantitative estimate of drug-likeness (QED) is 0.552. The molecular weight excluding hydrogens is 414 g/mol. The van der Waals surface area contributed by atoms with E-state index in [1.54, 1.807) is 18.2 Å². The number of aromatic hydroxyl groups is 2. The molecule has 0 bridgehead atoms. The van der Waals surface area contributed by atoms with E-state index in [1.807, 2.05) is 26.0 Å². The van der Waals surface area contributed by atoms with E-state index < -0.39 is 6.09 Å². The van der Waals surface area contributed by atoms with Crippen LogP contribution in [0.15, 0.2) is 42.6 Å². The predicted molar refractivity (Wildman–Crippen MR) is 118 cm³/mol. The molecule has 1 fully saturated rings. The summed E-state index contributed by atoms with van der Waals surface area (Å²) in [6.45, 7) is 6.66. The molecule has 10 heteroatoms. The number of benzene rings is 2. The Labute approximate surface area is 184 Å². The molecule has 1 aromatic heterocycles. The molecule has 0 atom stereocenters. The lowest BCUT2D eigenvalue weighted by atomic mass is 10.0. The number of aromatic nitrogens is 3. The second kappa shape index (κ2) is 8.75. The Kier molecular flexibility index (Phi) is 5.87. The SMILES string of the molecule is CC(C)c1cc(-n2nncc2N(C(=O)O)c2ccc(N3CCOCC3)cc2)c(O)cc1O. The van der Waals surface area contributed by atoms with Crippen LogP contribution in [0.2, 0.25) is 0 Å². The second-order valence-corrected chi connectivity index (χ2v) is 7.79. The maximum Gasteiger partial charge on any atom is 0.417 e. The van der Waals surface area contributed by atoms with Crippen molar-refractivity contribution in [3.05, 3.63) is 48.2 Å². The van der Waals surface area contributed by atoms with Gasteiger partial charge in [-0.1, -0.05) is 19.1 Å². The molecule has 0 radical (unpaired) electrons. The molecule has 1 aliphatic heterocycles. The van der Waals surface area contributed by atoms with Gasteiger partial charge in [0.1, 0.15) is 17.2 Å². The first-order valence-electron chi connectivity index (χ1n) is 10.3. The average Bonchev–Trinajstić information content (AvgIpc) is 3.23. The van der Waals surface area contributed by atoms with Crippen LogP contribution in [0.1, 0.15) is 25.3 Å². The Morgan fingerprint density at radius 3 is 2.41 bits per heavy atom. The molecule has 168 valence electrons. The summed E-state index contributed by atoms with van der Waals surface area (Å²) in [7, 11) is 0. The number of carboxylic acid groups (broad SMARTS) is 1. The maximum absolute atomic E-state index is 12.2. The molecule has 3 aromatic rings. The van der Waals surface area contributed by atoms with Gasteiger partial charge in [0.15, 0.2) is 5.82 Å². The Hall–Kier alpha value is -3.79. The van der Waals surface area contributed by atoms with Crippen LogP contribution in [-0.4, -0.2) is 62.7 Å². The molecule has 32 heavy (non-hydrogen) atoms. The molecule has 0 aliphatic carbocycles. The van der Waals surface area contributed by atoms with Gasteiger partial charge in [0.05, 0.1) is 25.1 Å². The summed E-state index contributed by atoms with van der Waals surface area (Å²) >= 11 is 0. The molecule has 2 aromatic carbocycles. The van der Waals surface area contributed by atoms with Crippen molar-refractivity contribution in [2.45, 2.75) is 19.8 Å². The van der Waals surface area contributed by atoms with E-state index in [-0.39, 0.29) is 28.9 Å². The highest BCUT2D eigenvalue weighted by atomic mass is 16.5. The van der Waals surface area contributed by atoms with Gasteiger partial charge < -0.3 is 25.0 Å². The number of carbonyl (C=O) groups is 1. The Bertz CT molecular complexity index is 1110. The van der Waals surface area contributed by atoms with Crippen LogP contribution in [0, 0.1) is 0 Å². The van der Waals surface area contributed by atoms with Gasteiger partial charge in [0.2, 0.25) is 0 Å². The minimum Gasteiger partial charge on any atom is -0.508 e. The summed E-state index contributed by atoms with van der Waals surface area (Å²) in [6.07, 6.45) is 0.0840. The van der Waals surface area contributed by atoms with Crippen LogP contribution in [0.4, 0.5) is 22.0 Å². The minimum absolute atomic E-state index is 0.0235. The van der Waals surface area contributed by atoms with Crippen LogP contribution in [0.25, 0.3) is 5.69 Å². The van der Waals surface area contributed by atoms with Crippen molar-refractivity contribution in [2.24, 2.45) is 0 Å². The zero-order valence-electron chi connectivity index (χ0n) is 17.8. The maximum atomic E-state index is 12.2. The first kappa shape index (κ1) is 21.4. The van der Waals surface area contributed by atoms with Gasteiger partial charge in [-0.3, -0.25) is 0 Å². The Morgan fingerprint density at radius 1 is 1.09 bits per heavy atom. The molecule has 1 amide bonds. The lowest BCUT2D eigenvalue weighted by molar-refractivity contribution is 0.122. The summed E-state index contributed by atoms with van der Waals surface area (Å²) in [5, 5.41) is 38.4. The van der Waals surface area contributed by atoms with E-state index in [0.29, 0.717) is 24.5 Å². The zero-order chi connectivity index (χ0) is 22.8. The topological polar surface area (TPSA) is 124 Å². The van der Waals surface area contributed by atoms with E-state index in [4.69, 9.17) is 4.74 Å². The standard InChI is InChI=1S/C22H25N5O5/c1-14(2)17-11-18(20(29)12-19(17)28)27-21(13-23-24-27)26(22(30)31)16-5-3-15(4-6-16)25-7-9-32-10-8-25/h3-6,11-14,28-29H,7-10H2,1-2H3,(H,30,31). The normalized spacial score (nSPS) is 14.0. The first-order chi connectivity index (χ1) is 15.4. The molecule has 4 rings (SSSR count). The van der Waals surface area contributed by atoms with Crippen molar-refractivity contribution in [2.75, 3.05) is 36.1 Å². The van der Waals surface area contributed by atoms with E-state index >= 15 is 0 Å². The number of ether oxygens (including phenoxy) is 1. The molecule has 0 spiro atoms. The van der Waals surface area contributed by atoms with Gasteiger partial charge in [-0.05, 0) is 41.8 Å². The fraction of sp³-hybridized carbons (Fsp3) is 0.318. The van der Waals surface area contributed by atoms with E-state index in [1.165, 1.54) is 16.9 Å². The monoisotopic (exact) mass is 439 g/mol. The molecule has 3 N–H and O–H groups in total. The van der Waals surface area contributed by atoms with Crippen LogP contribution in [0.5, 0.6) is 11.5 Å². The van der Waals surface area contributed by atoms with E-state index in [2.05, 4.69) is 15.2 Å². The molecule has 1 aliphatic rings. The average molecular weight is 439 g/mol. The number of hydrogen-bond donors (Lipinski definition) is 3. The number of morpholine rings is 1. The van der Waals surface area contributed by atoms with Gasteiger partial charge in [0.25, 0.3) is 0 Å². The summed E-state index contributed by atoms with van der Waals surface area (Å²) in [5.41, 5.74) is 2.19. The van der Waals surface area contributed by atoms with Gasteiger partial charge in [0, 0.05) is 24.8 Å². The summed E-state index contributed by atoms with van der Waals surface area (Å²) in [5.74, 6) is -0.180. The molecular formula is C22H25N5O5. The molecule has 0 unspecified atom stereocenters. The van der Waals surface area contributed by atoms with Crippen LogP contribution in [-0.2, 0) is 4.74 Å². The van der Waals surface area contributed by atoms with Crippen molar-refractivity contribution >= 4 is 23.3 Å². The highest BCUT2D eigenvalue weighted by molar-refractivity contribution is 5.94. The fourth-order valence-electron chi connectivity index (χ4n) is 3.74. The van der Waals surface area contributed by atoms with E-state index in [9.17, 15) is 20.1 Å². The molecule has 2 heterocycles. The molecule has 1 saturated heterocycles. The number of rotatable bonds is 5. The third-order valence-electron chi connectivity index (χ3n) is 5.41. The van der Waals surface area contributed by atoms with Crippen molar-refractivity contribution < 1.29 is 24.9 Å². The lowest BCUT2D eigenvalue weighted by Crippen LogP contribution is -2.36. The zero-order valence-corrected chi connectivity index (χ0v) is 17.8. The van der Waals surface area contributed by atoms with Gasteiger partial charge in [-0.25, -0.2) is 9.69 Å². The largest absolute Gasteiger partial charge is 0.508 e. The number of phenolic OH excluding ortho intramolecular Hbond substituents is 2. The van der Waals surface area contributed by atoms with Gasteiger partial charge in [-0.15, -0.1) is 5.10 Å². The second-order valence-electron chi connectivity index (χ2n) is 7.79. The van der Waals surface area contributed by atoms with Crippen LogP contribution in [0.3, 0.4) is 0 Å². The Balaban J connectivity index is 1.72. The highest BCUT2D eigenvalue weighted by Crippen LogP contribution is 2.36. The van der Waals surface area contributed by atoms with Crippen LogP contribution >= 0.6 is 0 Å². The number of phenols is 2. The fourth-order valence-corrected chi connectivity index (χ4v) is 3.74. The predicted octanol–water partition coefficient (Wildman–Crippen LogP) is 3.45. The number of nitrogens with zero attached hydrogens (tertiary/aromatic N) is 5. The first-order valence-corrected chi connectivity index (χ1v) is 10.3. The summed E-state index contributed by atoms with van der Waals surface area (Å²) < 4.78 is 6.62. The third kappa shape index (κ3) is 4.04. The molecule has 10 nitrogen and oxygen atoms in total. The lowest BCUT2D eigenvalue weighted by Gasteiger charge is -2.29. The van der Waals surface area contributed by atoms with Crippen molar-refractivity contribution in [1.82, 2.24) is 15.0 Å². The Morgan fingerprint density at radius 2 is 1.78 bits per heavy atom. The van der Waals surface area contributed by atoms with Crippen LogP contribution < -0.4 is 9.80 Å². The van der Waals surface area contributed by atoms with Crippen molar-refractivity contribution in [3.8, 4) is 17.2 Å². The minimum atomic E-state index is -1.23. The van der Waals surface area contributed by atoms with E-state index in [0.717, 1.165) is 23.7 Å². The number of amides is 1. The third-order valence-corrected chi connectivity index (χ3v) is 5.41.